The molecule has 4 rings (SSSR count). The second-order valence-corrected chi connectivity index (χ2v) is 9.13. The van der Waals surface area contributed by atoms with Crippen molar-refractivity contribution in [3.05, 3.63) is 0 Å². The minimum Gasteiger partial charge on any atom is -0.396 e. The average molecular weight is 306 g/mol. The number of fused-ring (bicyclic) bond motifs is 5. The van der Waals surface area contributed by atoms with Gasteiger partial charge in [-0.1, -0.05) is 19.8 Å². The molecule has 0 aromatic rings. The minimum atomic E-state index is 0.285. The summed E-state index contributed by atoms with van der Waals surface area (Å²) in [5, 5.41) is 10.4. The van der Waals surface area contributed by atoms with E-state index in [4.69, 9.17) is 4.74 Å². The minimum absolute atomic E-state index is 0.285. The summed E-state index contributed by atoms with van der Waals surface area (Å²) in [6.07, 6.45) is 14.0. The van der Waals surface area contributed by atoms with E-state index in [1.54, 1.807) is 0 Å². The summed E-state index contributed by atoms with van der Waals surface area (Å²) in [4.78, 5) is 0. The van der Waals surface area contributed by atoms with Crippen LogP contribution in [-0.2, 0) is 4.74 Å². The first-order valence-electron chi connectivity index (χ1n) is 9.79. The molecule has 0 spiro atoms. The Kier molecular flexibility index (Phi) is 3.85. The van der Waals surface area contributed by atoms with Gasteiger partial charge in [0.1, 0.15) is 0 Å². The lowest BCUT2D eigenvalue weighted by atomic mass is 9.45. The molecule has 0 aromatic heterocycles. The van der Waals surface area contributed by atoms with Crippen molar-refractivity contribution in [1.29, 1.82) is 0 Å². The summed E-state index contributed by atoms with van der Waals surface area (Å²) >= 11 is 0. The summed E-state index contributed by atoms with van der Waals surface area (Å²) in [7, 11) is 1.91. The van der Waals surface area contributed by atoms with Crippen molar-refractivity contribution in [2.75, 3.05) is 13.7 Å². The molecule has 4 fully saturated rings. The zero-order valence-electron chi connectivity index (χ0n) is 14.5. The number of rotatable bonds is 2. The van der Waals surface area contributed by atoms with Gasteiger partial charge in [-0.25, -0.2) is 0 Å². The molecule has 4 aliphatic rings. The third-order valence-electron chi connectivity index (χ3n) is 8.77. The van der Waals surface area contributed by atoms with Gasteiger partial charge in [-0.3, -0.25) is 0 Å². The number of methoxy groups -OCH3 is 1. The maximum Gasteiger partial charge on any atom is 0.0627 e. The molecule has 0 aliphatic heterocycles. The normalized spacial score (nSPS) is 54.4. The number of aliphatic hydroxyl groups is 1. The molecular formula is C20H34O2. The maximum absolute atomic E-state index is 10.4. The van der Waals surface area contributed by atoms with E-state index in [2.05, 4.69) is 6.92 Å². The largest absolute Gasteiger partial charge is 0.396 e. The van der Waals surface area contributed by atoms with Gasteiger partial charge in [-0.05, 0) is 85.9 Å². The van der Waals surface area contributed by atoms with Crippen molar-refractivity contribution in [3.8, 4) is 0 Å². The molecule has 4 unspecified atom stereocenters. The highest BCUT2D eigenvalue weighted by Gasteiger charge is 2.60. The second-order valence-electron chi connectivity index (χ2n) is 9.13. The van der Waals surface area contributed by atoms with Crippen molar-refractivity contribution in [3.63, 3.8) is 0 Å². The number of aliphatic hydroxyl groups excluding tert-OH is 1. The predicted octanol–water partition coefficient (Wildman–Crippen LogP) is 4.41. The fraction of sp³-hybridized carbons (Fsp3) is 1.00. The number of hydrogen-bond donors (Lipinski definition) is 1. The Labute approximate surface area is 136 Å². The molecule has 0 aromatic carbocycles. The van der Waals surface area contributed by atoms with E-state index in [0.717, 1.165) is 23.7 Å². The standard InChI is InChI=1S/C20H34O2/c1-19-12-10-17-15(16(19)8-9-18(19)22-2)7-6-14-5-3-4-11-20(14,17)13-21/h14-18,21H,3-13H2,1-2H3/t14-,15?,16+,17+,18?,19?,20?/m1/s1. The summed E-state index contributed by atoms with van der Waals surface area (Å²) < 4.78 is 5.87. The highest BCUT2D eigenvalue weighted by atomic mass is 16.5. The van der Waals surface area contributed by atoms with Crippen LogP contribution >= 0.6 is 0 Å². The first-order chi connectivity index (χ1) is 10.7. The molecule has 0 radical (unpaired) electrons. The van der Waals surface area contributed by atoms with Gasteiger partial charge in [-0.2, -0.15) is 0 Å². The highest BCUT2D eigenvalue weighted by molar-refractivity contribution is 5.10. The molecule has 0 heterocycles. The number of hydrogen-bond acceptors (Lipinski definition) is 2. The molecule has 4 saturated carbocycles. The molecule has 1 N–H and O–H groups in total. The number of ether oxygens (including phenoxy) is 1. The van der Waals surface area contributed by atoms with Gasteiger partial charge in [0.05, 0.1) is 6.10 Å². The molecule has 126 valence electrons. The van der Waals surface area contributed by atoms with Crippen molar-refractivity contribution in [1.82, 2.24) is 0 Å². The lowest BCUT2D eigenvalue weighted by Crippen LogP contribution is -2.55. The van der Waals surface area contributed by atoms with E-state index in [1.807, 2.05) is 7.11 Å². The average Bonchev–Trinajstić information content (AvgIpc) is 2.90. The first kappa shape index (κ1) is 15.4. The van der Waals surface area contributed by atoms with Crippen LogP contribution in [-0.4, -0.2) is 24.9 Å². The Hall–Kier alpha value is -0.0800. The summed E-state index contributed by atoms with van der Waals surface area (Å²) in [5.74, 6) is 3.32. The maximum atomic E-state index is 10.4. The quantitative estimate of drug-likeness (QED) is 0.819. The topological polar surface area (TPSA) is 29.5 Å². The van der Waals surface area contributed by atoms with E-state index < -0.39 is 0 Å². The van der Waals surface area contributed by atoms with Crippen LogP contribution in [0.25, 0.3) is 0 Å². The smallest absolute Gasteiger partial charge is 0.0627 e. The van der Waals surface area contributed by atoms with Gasteiger partial charge in [0, 0.05) is 13.7 Å². The zero-order chi connectivity index (χ0) is 15.4. The third kappa shape index (κ3) is 1.92. The summed E-state index contributed by atoms with van der Waals surface area (Å²) in [5.41, 5.74) is 0.696. The Morgan fingerprint density at radius 3 is 2.59 bits per heavy atom. The van der Waals surface area contributed by atoms with Crippen molar-refractivity contribution < 1.29 is 9.84 Å². The van der Waals surface area contributed by atoms with Crippen LogP contribution in [0.2, 0.25) is 0 Å². The van der Waals surface area contributed by atoms with Crippen LogP contribution in [0.5, 0.6) is 0 Å². The lowest BCUT2D eigenvalue weighted by molar-refractivity contribution is -0.148. The van der Waals surface area contributed by atoms with E-state index >= 15 is 0 Å². The van der Waals surface area contributed by atoms with E-state index in [9.17, 15) is 5.11 Å². The Morgan fingerprint density at radius 1 is 0.955 bits per heavy atom. The molecule has 2 nitrogen and oxygen atoms in total. The SMILES string of the molecule is COC1CC[C@H]2C3CC[C@H]4CCCCC4(CO)[C@H]3CCC12C. The highest BCUT2D eigenvalue weighted by Crippen LogP contribution is 2.66. The fourth-order valence-electron chi connectivity index (χ4n) is 7.72. The molecule has 0 amide bonds. The van der Waals surface area contributed by atoms with E-state index in [1.165, 1.54) is 64.2 Å². The third-order valence-corrected chi connectivity index (χ3v) is 8.77. The van der Waals surface area contributed by atoms with Gasteiger partial charge in [0.2, 0.25) is 0 Å². The lowest BCUT2D eigenvalue weighted by Gasteiger charge is -2.60. The molecule has 7 atom stereocenters. The Morgan fingerprint density at radius 2 is 1.82 bits per heavy atom. The summed E-state index contributed by atoms with van der Waals surface area (Å²) in [6, 6.07) is 0. The van der Waals surface area contributed by atoms with Gasteiger partial charge >= 0.3 is 0 Å². The zero-order valence-corrected chi connectivity index (χ0v) is 14.5. The van der Waals surface area contributed by atoms with Crippen molar-refractivity contribution in [2.24, 2.45) is 34.5 Å². The molecule has 2 heteroatoms. The Bertz CT molecular complexity index is 422. The van der Waals surface area contributed by atoms with Crippen LogP contribution in [0.15, 0.2) is 0 Å². The Balaban J connectivity index is 1.65. The first-order valence-corrected chi connectivity index (χ1v) is 9.79. The van der Waals surface area contributed by atoms with Crippen LogP contribution in [0.1, 0.15) is 71.1 Å². The van der Waals surface area contributed by atoms with Crippen molar-refractivity contribution >= 4 is 0 Å². The van der Waals surface area contributed by atoms with E-state index in [0.29, 0.717) is 18.1 Å². The van der Waals surface area contributed by atoms with Gasteiger partial charge < -0.3 is 9.84 Å². The van der Waals surface area contributed by atoms with Crippen LogP contribution in [0, 0.1) is 34.5 Å². The van der Waals surface area contributed by atoms with Crippen LogP contribution < -0.4 is 0 Å². The van der Waals surface area contributed by atoms with Crippen molar-refractivity contribution in [2.45, 2.75) is 77.2 Å². The van der Waals surface area contributed by atoms with E-state index in [-0.39, 0.29) is 5.41 Å². The van der Waals surface area contributed by atoms with Gasteiger partial charge in [0.25, 0.3) is 0 Å². The predicted molar refractivity (Wildman–Crippen MR) is 88.6 cm³/mol. The van der Waals surface area contributed by atoms with Gasteiger partial charge in [0.15, 0.2) is 0 Å². The van der Waals surface area contributed by atoms with Crippen LogP contribution in [0.4, 0.5) is 0 Å². The molecule has 22 heavy (non-hydrogen) atoms. The molecule has 0 saturated heterocycles. The monoisotopic (exact) mass is 306 g/mol. The molecule has 0 bridgehead atoms. The van der Waals surface area contributed by atoms with Crippen LogP contribution in [0.3, 0.4) is 0 Å². The fourth-order valence-corrected chi connectivity index (χ4v) is 7.72. The van der Waals surface area contributed by atoms with Gasteiger partial charge in [-0.15, -0.1) is 0 Å². The molecular weight excluding hydrogens is 272 g/mol. The summed E-state index contributed by atoms with van der Waals surface area (Å²) in [6.45, 7) is 2.96. The second kappa shape index (κ2) is 5.48. The molecule has 4 aliphatic carbocycles.